The lowest BCUT2D eigenvalue weighted by molar-refractivity contribution is 0.335. The Morgan fingerprint density at radius 1 is 1.08 bits per heavy atom. The molecule has 0 spiro atoms. The summed E-state index contributed by atoms with van der Waals surface area (Å²) in [4.78, 5) is 4.23. The lowest BCUT2D eigenvalue weighted by Crippen LogP contribution is -2.50. The maximum Gasteiger partial charge on any atom is 0.221 e. The first-order chi connectivity index (χ1) is 12.5. The second kappa shape index (κ2) is 6.74. The van der Waals surface area contributed by atoms with Crippen molar-refractivity contribution in [1.29, 1.82) is 0 Å². The molecule has 26 heavy (non-hydrogen) atoms. The highest BCUT2D eigenvalue weighted by atomic mass is 32.2. The average Bonchev–Trinajstić information content (AvgIpc) is 3.00. The van der Waals surface area contributed by atoms with E-state index >= 15 is 0 Å². The number of hydrogen-bond acceptors (Lipinski definition) is 5. The first-order valence-corrected chi connectivity index (χ1v) is 10.5. The summed E-state index contributed by atoms with van der Waals surface area (Å²) in [7, 11) is -3.52. The SMILES string of the molecule is CC1NNC(C)C1S(=O)(=O)N1CCc2ccccc2C1c1cccnc1. The summed E-state index contributed by atoms with van der Waals surface area (Å²) in [6.45, 7) is 4.31. The molecule has 2 aliphatic rings. The van der Waals surface area contributed by atoms with Gasteiger partial charge in [-0.3, -0.25) is 15.8 Å². The van der Waals surface area contributed by atoms with E-state index in [1.54, 1.807) is 16.7 Å². The number of pyridine rings is 1. The van der Waals surface area contributed by atoms with E-state index in [4.69, 9.17) is 0 Å². The molecule has 6 nitrogen and oxygen atoms in total. The molecule has 3 heterocycles. The molecule has 0 amide bonds. The molecule has 4 rings (SSSR count). The normalized spacial score (nSPS) is 29.5. The third-order valence-corrected chi connectivity index (χ3v) is 7.99. The van der Waals surface area contributed by atoms with Crippen LogP contribution < -0.4 is 10.9 Å². The van der Waals surface area contributed by atoms with Gasteiger partial charge in [0.2, 0.25) is 10.0 Å². The lowest BCUT2D eigenvalue weighted by atomic mass is 9.91. The maximum absolute atomic E-state index is 13.6. The molecule has 138 valence electrons. The van der Waals surface area contributed by atoms with Crippen molar-refractivity contribution >= 4 is 10.0 Å². The smallest absolute Gasteiger partial charge is 0.221 e. The van der Waals surface area contributed by atoms with Gasteiger partial charge in [0, 0.05) is 31.0 Å². The fourth-order valence-electron chi connectivity index (χ4n) is 4.23. The van der Waals surface area contributed by atoms with Gasteiger partial charge in [0.05, 0.1) is 6.04 Å². The number of nitrogens with one attached hydrogen (secondary N) is 2. The number of hydrogen-bond donors (Lipinski definition) is 2. The van der Waals surface area contributed by atoms with Crippen molar-refractivity contribution in [3.8, 4) is 0 Å². The highest BCUT2D eigenvalue weighted by molar-refractivity contribution is 7.89. The van der Waals surface area contributed by atoms with Gasteiger partial charge in [-0.15, -0.1) is 0 Å². The molecule has 1 aromatic carbocycles. The summed E-state index contributed by atoms with van der Waals surface area (Å²) >= 11 is 0. The minimum absolute atomic E-state index is 0.151. The van der Waals surface area contributed by atoms with E-state index in [1.165, 1.54) is 5.56 Å². The summed E-state index contributed by atoms with van der Waals surface area (Å²) in [6.07, 6.45) is 4.21. The van der Waals surface area contributed by atoms with Crippen LogP contribution in [0.3, 0.4) is 0 Å². The van der Waals surface area contributed by atoms with Crippen molar-refractivity contribution in [2.75, 3.05) is 6.54 Å². The first kappa shape index (κ1) is 17.6. The average molecular weight is 372 g/mol. The van der Waals surface area contributed by atoms with E-state index < -0.39 is 15.3 Å². The van der Waals surface area contributed by atoms with Gasteiger partial charge in [0.25, 0.3) is 0 Å². The quantitative estimate of drug-likeness (QED) is 0.856. The van der Waals surface area contributed by atoms with Crippen LogP contribution in [0.25, 0.3) is 0 Å². The van der Waals surface area contributed by atoms with Crippen LogP contribution in [-0.4, -0.2) is 41.6 Å². The molecule has 1 fully saturated rings. The molecule has 7 heteroatoms. The van der Waals surface area contributed by atoms with E-state index in [0.29, 0.717) is 6.54 Å². The molecule has 2 aliphatic heterocycles. The summed E-state index contributed by atoms with van der Waals surface area (Å²) in [5.41, 5.74) is 9.30. The van der Waals surface area contributed by atoms with E-state index in [-0.39, 0.29) is 18.1 Å². The maximum atomic E-state index is 13.6. The Hall–Kier alpha value is -1.80. The monoisotopic (exact) mass is 372 g/mol. The minimum Gasteiger partial charge on any atom is -0.264 e. The van der Waals surface area contributed by atoms with Crippen LogP contribution in [0.15, 0.2) is 48.8 Å². The summed E-state index contributed by atoms with van der Waals surface area (Å²) in [6, 6.07) is 11.3. The number of fused-ring (bicyclic) bond motifs is 1. The van der Waals surface area contributed by atoms with Gasteiger partial charge in [-0.25, -0.2) is 8.42 Å². The number of sulfonamides is 1. The van der Waals surface area contributed by atoms with Crippen molar-refractivity contribution in [3.05, 3.63) is 65.5 Å². The van der Waals surface area contributed by atoms with Crippen LogP contribution >= 0.6 is 0 Å². The lowest BCUT2D eigenvalue weighted by Gasteiger charge is -2.39. The topological polar surface area (TPSA) is 74.3 Å². The van der Waals surface area contributed by atoms with Crippen molar-refractivity contribution in [1.82, 2.24) is 20.1 Å². The molecule has 0 aliphatic carbocycles. The molecule has 3 unspecified atom stereocenters. The van der Waals surface area contributed by atoms with Crippen LogP contribution in [0, 0.1) is 0 Å². The Kier molecular flexibility index (Phi) is 4.56. The highest BCUT2D eigenvalue weighted by Crippen LogP contribution is 2.38. The fourth-order valence-corrected chi connectivity index (χ4v) is 6.59. The predicted molar refractivity (Wildman–Crippen MR) is 101 cm³/mol. The van der Waals surface area contributed by atoms with E-state index in [9.17, 15) is 8.42 Å². The molecule has 0 radical (unpaired) electrons. The van der Waals surface area contributed by atoms with Crippen LogP contribution in [0.5, 0.6) is 0 Å². The van der Waals surface area contributed by atoms with E-state index in [2.05, 4.69) is 21.9 Å². The van der Waals surface area contributed by atoms with E-state index in [0.717, 1.165) is 17.5 Å². The summed E-state index contributed by atoms with van der Waals surface area (Å²) in [5.74, 6) is 0. The predicted octanol–water partition coefficient (Wildman–Crippen LogP) is 1.61. The number of hydrazine groups is 1. The molecule has 2 aromatic rings. The molecule has 3 atom stereocenters. The van der Waals surface area contributed by atoms with Crippen LogP contribution in [0.1, 0.15) is 36.6 Å². The number of nitrogens with zero attached hydrogens (tertiary/aromatic N) is 2. The number of aromatic nitrogens is 1. The summed E-state index contributed by atoms with van der Waals surface area (Å²) < 4.78 is 28.9. The minimum atomic E-state index is -3.52. The third kappa shape index (κ3) is 2.85. The van der Waals surface area contributed by atoms with E-state index in [1.807, 2.05) is 44.2 Å². The zero-order valence-corrected chi connectivity index (χ0v) is 15.8. The Morgan fingerprint density at radius 3 is 2.50 bits per heavy atom. The van der Waals surface area contributed by atoms with Gasteiger partial charge < -0.3 is 0 Å². The number of benzene rings is 1. The Bertz CT molecular complexity index is 877. The molecule has 1 saturated heterocycles. The number of rotatable bonds is 3. The van der Waals surface area contributed by atoms with Gasteiger partial charge >= 0.3 is 0 Å². The molecule has 0 bridgehead atoms. The first-order valence-electron chi connectivity index (χ1n) is 8.99. The molecular formula is C19H24N4O2S. The van der Waals surface area contributed by atoms with Crippen LogP contribution in [-0.2, 0) is 16.4 Å². The highest BCUT2D eigenvalue weighted by Gasteiger charge is 2.47. The third-order valence-electron chi connectivity index (χ3n) is 5.43. The molecule has 2 N–H and O–H groups in total. The van der Waals surface area contributed by atoms with Crippen molar-refractivity contribution < 1.29 is 8.42 Å². The van der Waals surface area contributed by atoms with Crippen LogP contribution in [0.2, 0.25) is 0 Å². The summed E-state index contributed by atoms with van der Waals surface area (Å²) in [5, 5.41) is -0.507. The molecule has 1 aromatic heterocycles. The Morgan fingerprint density at radius 2 is 1.81 bits per heavy atom. The van der Waals surface area contributed by atoms with Gasteiger partial charge in [0.15, 0.2) is 0 Å². The van der Waals surface area contributed by atoms with Gasteiger partial charge in [-0.1, -0.05) is 30.3 Å². The molecular weight excluding hydrogens is 348 g/mol. The largest absolute Gasteiger partial charge is 0.264 e. The van der Waals surface area contributed by atoms with Gasteiger partial charge in [-0.2, -0.15) is 4.31 Å². The molecule has 0 saturated carbocycles. The van der Waals surface area contributed by atoms with Crippen molar-refractivity contribution in [2.45, 2.75) is 43.6 Å². The van der Waals surface area contributed by atoms with Crippen LogP contribution in [0.4, 0.5) is 0 Å². The second-order valence-electron chi connectivity index (χ2n) is 7.12. The standard InChI is InChI=1S/C19H24N4O2S/c1-13-19(14(2)22-21-13)26(24,25)23-11-9-15-6-3-4-8-17(15)18(23)16-7-5-10-20-12-16/h3-8,10,12-14,18-19,21-22H,9,11H2,1-2H3. The zero-order valence-electron chi connectivity index (χ0n) is 15.0. The zero-order chi connectivity index (χ0) is 18.3. The van der Waals surface area contributed by atoms with Gasteiger partial charge in [0.1, 0.15) is 5.25 Å². The second-order valence-corrected chi connectivity index (χ2v) is 9.17. The van der Waals surface area contributed by atoms with Crippen molar-refractivity contribution in [3.63, 3.8) is 0 Å². The Labute approximate surface area is 154 Å². The van der Waals surface area contributed by atoms with Gasteiger partial charge in [-0.05, 0) is 43.0 Å². The van der Waals surface area contributed by atoms with Crippen molar-refractivity contribution in [2.24, 2.45) is 0 Å². The Balaban J connectivity index is 1.82. The fraction of sp³-hybridized carbons (Fsp3) is 0.421.